The van der Waals surface area contributed by atoms with Gasteiger partial charge in [0.2, 0.25) is 0 Å². The van der Waals surface area contributed by atoms with E-state index in [1.807, 2.05) is 0 Å². The molecular formula is C10H9BrClF2NO2. The second-order valence-electron chi connectivity index (χ2n) is 3.15. The minimum absolute atomic E-state index is 0.0782. The molecule has 17 heavy (non-hydrogen) atoms. The summed E-state index contributed by atoms with van der Waals surface area (Å²) in [6, 6.07) is 1.12. The van der Waals surface area contributed by atoms with Crippen molar-refractivity contribution in [3.8, 4) is 0 Å². The minimum atomic E-state index is -2.71. The summed E-state index contributed by atoms with van der Waals surface area (Å²) in [5.74, 6) is -0.541. The first-order chi connectivity index (χ1) is 7.99. The Bertz CT molecular complexity index is 429. The van der Waals surface area contributed by atoms with E-state index >= 15 is 0 Å². The van der Waals surface area contributed by atoms with Crippen LogP contribution in [0.15, 0.2) is 6.07 Å². The van der Waals surface area contributed by atoms with E-state index in [1.165, 1.54) is 7.11 Å². The van der Waals surface area contributed by atoms with E-state index in [1.54, 1.807) is 0 Å². The summed E-state index contributed by atoms with van der Waals surface area (Å²) < 4.78 is 29.8. The standard InChI is InChI=1S/C10H9BrClF2NO2/c1-17-8(16)3-5-2-6(10(13)14)9(12)7(4-11)15-5/h2,10H,3-4H2,1H3. The van der Waals surface area contributed by atoms with Crippen LogP contribution >= 0.6 is 27.5 Å². The largest absolute Gasteiger partial charge is 0.469 e. The first-order valence-electron chi connectivity index (χ1n) is 4.58. The van der Waals surface area contributed by atoms with Crippen molar-refractivity contribution in [1.82, 2.24) is 4.98 Å². The number of carbonyl (C=O) groups is 1. The molecule has 0 aliphatic rings. The molecule has 0 aliphatic heterocycles. The zero-order valence-corrected chi connectivity index (χ0v) is 11.2. The average molecular weight is 329 g/mol. The number of esters is 1. The van der Waals surface area contributed by atoms with Crippen LogP contribution in [0.3, 0.4) is 0 Å². The lowest BCUT2D eigenvalue weighted by Crippen LogP contribution is -2.08. The lowest BCUT2D eigenvalue weighted by Gasteiger charge is -2.09. The number of pyridine rings is 1. The molecule has 0 N–H and O–H groups in total. The molecule has 0 aromatic carbocycles. The molecule has 94 valence electrons. The molecule has 1 aromatic rings. The molecule has 0 radical (unpaired) electrons. The van der Waals surface area contributed by atoms with E-state index in [9.17, 15) is 13.6 Å². The van der Waals surface area contributed by atoms with Crippen molar-refractivity contribution in [2.75, 3.05) is 7.11 Å². The van der Waals surface area contributed by atoms with Gasteiger partial charge < -0.3 is 4.74 Å². The van der Waals surface area contributed by atoms with Gasteiger partial charge >= 0.3 is 5.97 Å². The summed E-state index contributed by atoms with van der Waals surface area (Å²) in [5.41, 5.74) is 0.171. The molecule has 0 spiro atoms. The van der Waals surface area contributed by atoms with Crippen LogP contribution in [0.2, 0.25) is 5.02 Å². The Morgan fingerprint density at radius 2 is 2.29 bits per heavy atom. The third-order valence-corrected chi connectivity index (χ3v) is 2.99. The van der Waals surface area contributed by atoms with Crippen LogP contribution in [0.4, 0.5) is 8.78 Å². The van der Waals surface area contributed by atoms with Gasteiger partial charge in [-0.15, -0.1) is 0 Å². The van der Waals surface area contributed by atoms with E-state index in [-0.39, 0.29) is 33.7 Å². The van der Waals surface area contributed by atoms with Crippen molar-refractivity contribution < 1.29 is 18.3 Å². The number of alkyl halides is 3. The fourth-order valence-corrected chi connectivity index (χ4v) is 2.04. The maximum Gasteiger partial charge on any atom is 0.311 e. The van der Waals surface area contributed by atoms with E-state index in [4.69, 9.17) is 11.6 Å². The van der Waals surface area contributed by atoms with Crippen molar-refractivity contribution in [1.29, 1.82) is 0 Å². The monoisotopic (exact) mass is 327 g/mol. The van der Waals surface area contributed by atoms with Crippen molar-refractivity contribution in [2.45, 2.75) is 18.2 Å². The van der Waals surface area contributed by atoms with E-state index < -0.39 is 12.4 Å². The van der Waals surface area contributed by atoms with Gasteiger partial charge in [0, 0.05) is 10.9 Å². The fourth-order valence-electron chi connectivity index (χ4n) is 1.22. The molecule has 0 unspecified atom stereocenters. The van der Waals surface area contributed by atoms with Gasteiger partial charge in [-0.3, -0.25) is 9.78 Å². The molecule has 1 heterocycles. The van der Waals surface area contributed by atoms with Crippen molar-refractivity contribution >= 4 is 33.5 Å². The van der Waals surface area contributed by atoms with Crippen LogP contribution in [0.5, 0.6) is 0 Å². The molecule has 1 rings (SSSR count). The highest BCUT2D eigenvalue weighted by atomic mass is 79.9. The van der Waals surface area contributed by atoms with E-state index in [0.717, 1.165) is 6.07 Å². The number of hydrogen-bond donors (Lipinski definition) is 0. The Labute approximate surface area is 110 Å². The Morgan fingerprint density at radius 3 is 2.76 bits per heavy atom. The molecule has 0 amide bonds. The normalized spacial score (nSPS) is 10.7. The van der Waals surface area contributed by atoms with E-state index in [2.05, 4.69) is 25.7 Å². The number of hydrogen-bond acceptors (Lipinski definition) is 3. The number of methoxy groups -OCH3 is 1. The Balaban J connectivity index is 3.15. The van der Waals surface area contributed by atoms with Crippen LogP contribution in [0.1, 0.15) is 23.4 Å². The molecule has 3 nitrogen and oxygen atoms in total. The lowest BCUT2D eigenvalue weighted by atomic mass is 10.1. The van der Waals surface area contributed by atoms with Crippen LogP contribution in [-0.2, 0) is 21.3 Å². The van der Waals surface area contributed by atoms with Gasteiger partial charge in [0.15, 0.2) is 0 Å². The molecular weight excluding hydrogens is 319 g/mol. The summed E-state index contributed by atoms with van der Waals surface area (Å²) in [5, 5.41) is 0.158. The summed E-state index contributed by atoms with van der Waals surface area (Å²) in [7, 11) is 1.22. The molecule has 0 saturated carbocycles. The zero-order valence-electron chi connectivity index (χ0n) is 8.84. The third-order valence-electron chi connectivity index (χ3n) is 2.02. The number of aromatic nitrogens is 1. The fraction of sp³-hybridized carbons (Fsp3) is 0.400. The van der Waals surface area contributed by atoms with Gasteiger partial charge in [-0.05, 0) is 6.07 Å². The zero-order chi connectivity index (χ0) is 13.0. The van der Waals surface area contributed by atoms with Crippen LogP contribution in [0.25, 0.3) is 0 Å². The van der Waals surface area contributed by atoms with Gasteiger partial charge in [0.25, 0.3) is 6.43 Å². The lowest BCUT2D eigenvalue weighted by molar-refractivity contribution is -0.139. The van der Waals surface area contributed by atoms with Crippen LogP contribution in [0, 0.1) is 0 Å². The molecule has 0 bridgehead atoms. The molecule has 0 atom stereocenters. The van der Waals surface area contributed by atoms with E-state index in [0.29, 0.717) is 0 Å². The number of rotatable bonds is 4. The third kappa shape index (κ3) is 3.61. The number of halogens is 4. The molecule has 1 aromatic heterocycles. The molecule has 0 fully saturated rings. The molecule has 0 aliphatic carbocycles. The highest BCUT2D eigenvalue weighted by molar-refractivity contribution is 9.08. The second-order valence-corrected chi connectivity index (χ2v) is 4.09. The second kappa shape index (κ2) is 6.26. The summed E-state index contributed by atoms with van der Waals surface area (Å²) in [4.78, 5) is 15.1. The van der Waals surface area contributed by atoms with Gasteiger partial charge in [0.1, 0.15) is 0 Å². The first kappa shape index (κ1) is 14.3. The average Bonchev–Trinajstić information content (AvgIpc) is 2.30. The number of carbonyl (C=O) groups excluding carboxylic acids is 1. The number of nitrogens with zero attached hydrogens (tertiary/aromatic N) is 1. The topological polar surface area (TPSA) is 39.2 Å². The van der Waals surface area contributed by atoms with Crippen LogP contribution in [-0.4, -0.2) is 18.1 Å². The summed E-state index contributed by atoms with van der Waals surface area (Å²) in [6.07, 6.45) is -2.87. The first-order valence-corrected chi connectivity index (χ1v) is 6.08. The molecule has 7 heteroatoms. The smallest absolute Gasteiger partial charge is 0.311 e. The minimum Gasteiger partial charge on any atom is -0.469 e. The van der Waals surface area contributed by atoms with Gasteiger partial charge in [-0.2, -0.15) is 0 Å². The highest BCUT2D eigenvalue weighted by Crippen LogP contribution is 2.30. The predicted molar refractivity (Wildman–Crippen MR) is 62.6 cm³/mol. The van der Waals surface area contributed by atoms with Crippen molar-refractivity contribution in [3.05, 3.63) is 28.0 Å². The summed E-state index contributed by atoms with van der Waals surface area (Å²) in [6.45, 7) is 0. The van der Waals surface area contributed by atoms with Gasteiger partial charge in [-0.25, -0.2) is 8.78 Å². The summed E-state index contributed by atoms with van der Waals surface area (Å²) >= 11 is 8.86. The quantitative estimate of drug-likeness (QED) is 0.629. The number of ether oxygens (including phenoxy) is 1. The SMILES string of the molecule is COC(=O)Cc1cc(C(F)F)c(Cl)c(CBr)n1. The Morgan fingerprint density at radius 1 is 1.65 bits per heavy atom. The van der Waals surface area contributed by atoms with Gasteiger partial charge in [-0.1, -0.05) is 27.5 Å². The van der Waals surface area contributed by atoms with Gasteiger partial charge in [0.05, 0.1) is 29.9 Å². The van der Waals surface area contributed by atoms with Crippen LogP contribution < -0.4 is 0 Å². The van der Waals surface area contributed by atoms with Crippen molar-refractivity contribution in [2.24, 2.45) is 0 Å². The Kier molecular flexibility index (Phi) is 5.27. The Hall–Kier alpha value is -0.750. The molecule has 0 saturated heterocycles. The predicted octanol–water partition coefficient (Wildman–Crippen LogP) is 3.28. The highest BCUT2D eigenvalue weighted by Gasteiger charge is 2.18. The maximum absolute atomic E-state index is 12.7. The van der Waals surface area contributed by atoms with Crippen molar-refractivity contribution in [3.63, 3.8) is 0 Å². The maximum atomic E-state index is 12.7.